The van der Waals surface area contributed by atoms with Gasteiger partial charge in [0.2, 0.25) is 9.84 Å². The highest BCUT2D eigenvalue weighted by Gasteiger charge is 2.27. The maximum absolute atomic E-state index is 12.9. The van der Waals surface area contributed by atoms with Crippen molar-refractivity contribution in [3.8, 4) is 6.07 Å². The van der Waals surface area contributed by atoms with Crippen LogP contribution in [-0.4, -0.2) is 13.4 Å². The second kappa shape index (κ2) is 6.77. The highest BCUT2D eigenvalue weighted by molar-refractivity contribution is 8.02. The van der Waals surface area contributed by atoms with Gasteiger partial charge in [-0.3, -0.25) is 0 Å². The van der Waals surface area contributed by atoms with Crippen molar-refractivity contribution in [3.05, 3.63) is 65.2 Å². The Kier molecular flexibility index (Phi) is 4.71. The minimum Gasteiger partial charge on any atom is -0.217 e. The van der Waals surface area contributed by atoms with E-state index in [1.165, 1.54) is 11.8 Å². The zero-order valence-corrected chi connectivity index (χ0v) is 15.1. The molecule has 0 unspecified atom stereocenters. The van der Waals surface area contributed by atoms with Gasteiger partial charge in [0.1, 0.15) is 10.3 Å². The van der Waals surface area contributed by atoms with E-state index in [0.29, 0.717) is 4.21 Å². The first-order valence-electron chi connectivity index (χ1n) is 6.96. The van der Waals surface area contributed by atoms with E-state index >= 15 is 0 Å². The summed E-state index contributed by atoms with van der Waals surface area (Å²) in [5.41, 5.74) is 0.976. The fraction of sp³-hybridized carbons (Fsp3) is 0.0588. The normalized spacial score (nSPS) is 11.2. The molecule has 0 aliphatic rings. The predicted octanol–water partition coefficient (Wildman–Crippen LogP) is 4.31. The number of aromatic nitrogens is 1. The number of rotatable bonds is 4. The summed E-state index contributed by atoms with van der Waals surface area (Å²) < 4.78 is 26.3. The van der Waals surface area contributed by atoms with Crippen LogP contribution >= 0.6 is 23.1 Å². The van der Waals surface area contributed by atoms with Crippen molar-refractivity contribution in [3.63, 3.8) is 0 Å². The SMILES string of the molecule is Cc1ccc(S(=O)(=O)c2nc(C#N)sc2Sc2ccccc2)cc1. The summed E-state index contributed by atoms with van der Waals surface area (Å²) in [5, 5.41) is 9.19. The molecule has 0 bridgehead atoms. The molecule has 120 valence electrons. The molecule has 24 heavy (non-hydrogen) atoms. The Hall–Kier alpha value is -2.14. The average Bonchev–Trinajstić information content (AvgIpc) is 3.00. The minimum absolute atomic E-state index is 0.0539. The lowest BCUT2D eigenvalue weighted by atomic mass is 10.2. The molecular weight excluding hydrogens is 360 g/mol. The summed E-state index contributed by atoms with van der Waals surface area (Å²) in [4.78, 5) is 5.12. The average molecular weight is 372 g/mol. The third-order valence-electron chi connectivity index (χ3n) is 3.20. The van der Waals surface area contributed by atoms with Gasteiger partial charge in [0.05, 0.1) is 4.90 Å². The summed E-state index contributed by atoms with van der Waals surface area (Å²) in [5.74, 6) is 0. The molecule has 0 aliphatic carbocycles. The topological polar surface area (TPSA) is 70.8 Å². The summed E-state index contributed by atoms with van der Waals surface area (Å²) in [6.07, 6.45) is 0. The first-order valence-corrected chi connectivity index (χ1v) is 10.1. The highest BCUT2D eigenvalue weighted by atomic mass is 32.2. The Balaban J connectivity index is 2.08. The van der Waals surface area contributed by atoms with Gasteiger partial charge in [-0.05, 0) is 31.2 Å². The van der Waals surface area contributed by atoms with Crippen molar-refractivity contribution < 1.29 is 8.42 Å². The Morgan fingerprint density at radius 3 is 2.38 bits per heavy atom. The summed E-state index contributed by atoms with van der Waals surface area (Å²) >= 11 is 2.39. The van der Waals surface area contributed by atoms with Crippen LogP contribution in [0.25, 0.3) is 0 Å². The van der Waals surface area contributed by atoms with Crippen LogP contribution in [0.3, 0.4) is 0 Å². The third-order valence-corrected chi connectivity index (χ3v) is 7.30. The van der Waals surface area contributed by atoms with Crippen molar-refractivity contribution >= 4 is 32.9 Å². The van der Waals surface area contributed by atoms with Gasteiger partial charge in [0.25, 0.3) is 0 Å². The van der Waals surface area contributed by atoms with Crippen molar-refractivity contribution in [1.29, 1.82) is 5.26 Å². The van der Waals surface area contributed by atoms with Gasteiger partial charge < -0.3 is 0 Å². The standard InChI is InChI=1S/C17H12N2O2S3/c1-12-7-9-14(10-8-12)24(20,21)16-17(23-15(11-18)19-16)22-13-5-3-2-4-6-13/h2-10H,1H3. The van der Waals surface area contributed by atoms with Crippen LogP contribution in [0, 0.1) is 18.3 Å². The van der Waals surface area contributed by atoms with Crippen LogP contribution in [0.4, 0.5) is 0 Å². The van der Waals surface area contributed by atoms with Gasteiger partial charge in [0.15, 0.2) is 10.0 Å². The van der Waals surface area contributed by atoms with Crippen LogP contribution < -0.4 is 0 Å². The van der Waals surface area contributed by atoms with E-state index in [2.05, 4.69) is 4.98 Å². The van der Waals surface area contributed by atoms with Gasteiger partial charge in [-0.2, -0.15) is 5.26 Å². The number of aryl methyl sites for hydroxylation is 1. The number of nitriles is 1. The van der Waals surface area contributed by atoms with Crippen molar-refractivity contribution in [1.82, 2.24) is 4.98 Å². The molecule has 0 saturated heterocycles. The quantitative estimate of drug-likeness (QED) is 0.682. The van der Waals surface area contributed by atoms with Gasteiger partial charge >= 0.3 is 0 Å². The summed E-state index contributed by atoms with van der Waals surface area (Å²) in [7, 11) is -3.77. The second-order valence-electron chi connectivity index (χ2n) is 4.96. The Morgan fingerprint density at radius 1 is 1.08 bits per heavy atom. The molecule has 0 N–H and O–H groups in total. The summed E-state index contributed by atoms with van der Waals surface area (Å²) in [6.45, 7) is 1.89. The van der Waals surface area contributed by atoms with Crippen LogP contribution in [0.5, 0.6) is 0 Å². The fourth-order valence-corrected chi connectivity index (χ4v) is 5.94. The zero-order valence-electron chi connectivity index (χ0n) is 12.6. The molecule has 0 amide bonds. The lowest BCUT2D eigenvalue weighted by Crippen LogP contribution is -2.04. The van der Waals surface area contributed by atoms with E-state index < -0.39 is 9.84 Å². The smallest absolute Gasteiger partial charge is 0.217 e. The number of nitrogens with zero attached hydrogens (tertiary/aromatic N) is 2. The first-order chi connectivity index (χ1) is 11.5. The number of benzene rings is 2. The Labute approximate surface area is 148 Å². The molecule has 0 aliphatic heterocycles. The van der Waals surface area contributed by atoms with Gasteiger partial charge in [-0.15, -0.1) is 0 Å². The monoisotopic (exact) mass is 372 g/mol. The molecule has 1 aromatic heterocycles. The van der Waals surface area contributed by atoms with Crippen molar-refractivity contribution in [2.75, 3.05) is 0 Å². The van der Waals surface area contributed by atoms with E-state index in [1.807, 2.05) is 43.3 Å². The molecule has 0 spiro atoms. The number of hydrogen-bond donors (Lipinski definition) is 0. The predicted molar refractivity (Wildman–Crippen MR) is 94.0 cm³/mol. The highest BCUT2D eigenvalue weighted by Crippen LogP contribution is 2.39. The fourth-order valence-electron chi connectivity index (χ4n) is 2.00. The van der Waals surface area contributed by atoms with Crippen LogP contribution in [-0.2, 0) is 9.84 Å². The molecule has 2 aromatic carbocycles. The molecule has 7 heteroatoms. The minimum atomic E-state index is -3.77. The van der Waals surface area contributed by atoms with E-state index in [0.717, 1.165) is 21.8 Å². The van der Waals surface area contributed by atoms with Gasteiger partial charge in [0, 0.05) is 4.90 Å². The largest absolute Gasteiger partial charge is 0.225 e. The van der Waals surface area contributed by atoms with Gasteiger partial charge in [-0.25, -0.2) is 13.4 Å². The zero-order chi connectivity index (χ0) is 17.2. The Bertz CT molecular complexity index is 1000. The molecule has 3 rings (SSSR count). The lowest BCUT2D eigenvalue weighted by Gasteiger charge is -2.05. The second-order valence-corrected chi connectivity index (χ2v) is 9.16. The molecule has 1 heterocycles. The molecular formula is C17H12N2O2S3. The van der Waals surface area contributed by atoms with E-state index in [1.54, 1.807) is 24.3 Å². The summed E-state index contributed by atoms with van der Waals surface area (Å²) in [6, 6.07) is 18.0. The first kappa shape index (κ1) is 16.7. The lowest BCUT2D eigenvalue weighted by molar-refractivity contribution is 0.591. The number of hydrogen-bond acceptors (Lipinski definition) is 6. The van der Waals surface area contributed by atoms with Gasteiger partial charge in [-0.1, -0.05) is 59.0 Å². The maximum Gasteiger partial charge on any atom is 0.225 e. The van der Waals surface area contributed by atoms with E-state index in [9.17, 15) is 8.42 Å². The molecule has 3 aromatic rings. The van der Waals surface area contributed by atoms with Crippen molar-refractivity contribution in [2.45, 2.75) is 25.9 Å². The number of thiazole rings is 1. The molecule has 0 radical (unpaired) electrons. The van der Waals surface area contributed by atoms with Crippen LogP contribution in [0.2, 0.25) is 0 Å². The van der Waals surface area contributed by atoms with Crippen molar-refractivity contribution in [2.24, 2.45) is 0 Å². The molecule has 0 saturated carbocycles. The third kappa shape index (κ3) is 3.36. The molecule has 4 nitrogen and oxygen atoms in total. The number of sulfone groups is 1. The van der Waals surface area contributed by atoms with E-state index in [4.69, 9.17) is 5.26 Å². The van der Waals surface area contributed by atoms with Crippen LogP contribution in [0.15, 0.2) is 73.6 Å². The van der Waals surface area contributed by atoms with Crippen LogP contribution in [0.1, 0.15) is 10.6 Å². The maximum atomic E-state index is 12.9. The van der Waals surface area contributed by atoms with E-state index in [-0.39, 0.29) is 14.9 Å². The molecule has 0 atom stereocenters. The Morgan fingerprint density at radius 2 is 1.75 bits per heavy atom. The molecule has 0 fully saturated rings.